The Morgan fingerprint density at radius 1 is 1.40 bits per heavy atom. The smallest absolute Gasteiger partial charge is 0.279 e. The number of hydrogen-bond acceptors (Lipinski definition) is 3. The predicted molar refractivity (Wildman–Crippen MR) is 57.9 cm³/mol. The van der Waals surface area contributed by atoms with Crippen molar-refractivity contribution >= 4 is 5.69 Å². The van der Waals surface area contributed by atoms with E-state index in [9.17, 15) is 4.79 Å². The fourth-order valence-corrected chi connectivity index (χ4v) is 1.35. The highest BCUT2D eigenvalue weighted by atomic mass is 16.1. The number of rotatable bonds is 2. The van der Waals surface area contributed by atoms with Crippen molar-refractivity contribution in [3.63, 3.8) is 0 Å². The molecule has 0 radical (unpaired) electrons. The normalized spacial score (nSPS) is 10.5. The van der Waals surface area contributed by atoms with Gasteiger partial charge in [-0.2, -0.15) is 5.10 Å². The van der Waals surface area contributed by atoms with Crippen molar-refractivity contribution in [3.8, 4) is 5.82 Å². The van der Waals surface area contributed by atoms with Crippen molar-refractivity contribution in [3.05, 3.63) is 40.9 Å². The lowest BCUT2D eigenvalue weighted by molar-refractivity contribution is 0.651. The molecule has 0 aromatic carbocycles. The number of aromatic nitrogens is 3. The van der Waals surface area contributed by atoms with Gasteiger partial charge in [-0.15, -0.1) is 0 Å². The maximum Gasteiger partial charge on any atom is 0.279 e. The van der Waals surface area contributed by atoms with Gasteiger partial charge in [-0.25, -0.2) is 0 Å². The van der Waals surface area contributed by atoms with Crippen LogP contribution in [0, 0.1) is 0 Å². The molecule has 15 heavy (non-hydrogen) atoms. The fraction of sp³-hybridized carbons (Fsp3) is 0.200. The molecule has 5 heteroatoms. The first-order chi connectivity index (χ1) is 7.22. The minimum absolute atomic E-state index is 0.226. The number of hydrogen-bond donors (Lipinski definition) is 1. The maximum absolute atomic E-state index is 11.7. The number of nitrogens with two attached hydrogens (primary N) is 1. The molecule has 0 amide bonds. The zero-order valence-corrected chi connectivity index (χ0v) is 8.42. The zero-order valence-electron chi connectivity index (χ0n) is 8.42. The first-order valence-corrected chi connectivity index (χ1v) is 4.73. The Kier molecular flexibility index (Phi) is 2.29. The van der Waals surface area contributed by atoms with Crippen molar-refractivity contribution in [2.24, 2.45) is 0 Å². The van der Waals surface area contributed by atoms with Gasteiger partial charge in [-0.3, -0.25) is 14.0 Å². The van der Waals surface area contributed by atoms with Crippen LogP contribution in [0.15, 0.2) is 35.4 Å². The number of anilines is 1. The average molecular weight is 204 g/mol. The van der Waals surface area contributed by atoms with Crippen molar-refractivity contribution in [2.75, 3.05) is 5.73 Å². The van der Waals surface area contributed by atoms with Crippen LogP contribution in [-0.2, 0) is 6.54 Å². The van der Waals surface area contributed by atoms with Crippen LogP contribution in [0.4, 0.5) is 5.69 Å². The van der Waals surface area contributed by atoms with Gasteiger partial charge in [0.15, 0.2) is 5.82 Å². The van der Waals surface area contributed by atoms with Gasteiger partial charge >= 0.3 is 0 Å². The van der Waals surface area contributed by atoms with Gasteiger partial charge in [0.05, 0.1) is 5.69 Å². The van der Waals surface area contributed by atoms with Crippen LogP contribution < -0.4 is 11.3 Å². The van der Waals surface area contributed by atoms with E-state index in [0.717, 1.165) is 6.54 Å². The lowest BCUT2D eigenvalue weighted by Gasteiger charge is -2.01. The molecule has 2 aromatic heterocycles. The standard InChI is InChI=1S/C10H12N4O/c1-2-13-7-5-9(12-13)14-6-3-4-8(11)10(14)15/h3-7H,2,11H2,1H3. The van der Waals surface area contributed by atoms with Crippen LogP contribution in [0.1, 0.15) is 6.92 Å². The third-order valence-electron chi connectivity index (χ3n) is 2.17. The molecule has 0 fully saturated rings. The lowest BCUT2D eigenvalue weighted by atomic mass is 10.4. The number of nitrogens with zero attached hydrogens (tertiary/aromatic N) is 3. The summed E-state index contributed by atoms with van der Waals surface area (Å²) in [5.41, 5.74) is 5.52. The van der Waals surface area contributed by atoms with Crippen LogP contribution in [0.25, 0.3) is 5.82 Å². The predicted octanol–water partition coefficient (Wildman–Crippen LogP) is 0.636. The van der Waals surface area contributed by atoms with Gasteiger partial charge < -0.3 is 5.73 Å². The molecule has 0 unspecified atom stereocenters. The minimum Gasteiger partial charge on any atom is -0.394 e. The van der Waals surface area contributed by atoms with E-state index in [1.165, 1.54) is 4.57 Å². The van der Waals surface area contributed by atoms with Crippen molar-refractivity contribution in [1.82, 2.24) is 14.3 Å². The molecule has 78 valence electrons. The first kappa shape index (κ1) is 9.51. The number of aryl methyl sites for hydroxylation is 1. The molecular weight excluding hydrogens is 192 g/mol. The molecule has 0 aliphatic carbocycles. The van der Waals surface area contributed by atoms with Gasteiger partial charge in [-0.1, -0.05) is 0 Å². The monoisotopic (exact) mass is 204 g/mol. The quantitative estimate of drug-likeness (QED) is 0.780. The first-order valence-electron chi connectivity index (χ1n) is 4.73. The molecule has 5 nitrogen and oxygen atoms in total. The van der Waals surface area contributed by atoms with Crippen LogP contribution >= 0.6 is 0 Å². The summed E-state index contributed by atoms with van der Waals surface area (Å²) in [5, 5.41) is 4.22. The van der Waals surface area contributed by atoms with Crippen LogP contribution in [0.2, 0.25) is 0 Å². The summed E-state index contributed by atoms with van der Waals surface area (Å²) < 4.78 is 3.19. The minimum atomic E-state index is -0.237. The summed E-state index contributed by atoms with van der Waals surface area (Å²) in [6.45, 7) is 2.76. The zero-order chi connectivity index (χ0) is 10.8. The van der Waals surface area contributed by atoms with E-state index < -0.39 is 0 Å². The maximum atomic E-state index is 11.7. The topological polar surface area (TPSA) is 65.8 Å². The Balaban J connectivity index is 2.54. The van der Waals surface area contributed by atoms with E-state index >= 15 is 0 Å². The second kappa shape index (κ2) is 3.61. The molecule has 2 heterocycles. The van der Waals surface area contributed by atoms with Crippen LogP contribution in [0.3, 0.4) is 0 Å². The Labute approximate surface area is 86.8 Å². The largest absolute Gasteiger partial charge is 0.394 e. The summed E-state index contributed by atoms with van der Waals surface area (Å²) in [4.78, 5) is 11.7. The molecule has 0 atom stereocenters. The summed E-state index contributed by atoms with van der Waals surface area (Å²) in [5.74, 6) is 0.592. The van der Waals surface area contributed by atoms with Crippen LogP contribution in [-0.4, -0.2) is 14.3 Å². The van der Waals surface area contributed by atoms with E-state index in [1.54, 1.807) is 29.1 Å². The van der Waals surface area contributed by atoms with E-state index in [4.69, 9.17) is 5.73 Å². The second-order valence-electron chi connectivity index (χ2n) is 3.17. The summed E-state index contributed by atoms with van der Waals surface area (Å²) >= 11 is 0. The van der Waals surface area contributed by atoms with E-state index in [0.29, 0.717) is 5.82 Å². The van der Waals surface area contributed by atoms with E-state index in [-0.39, 0.29) is 11.2 Å². The molecule has 2 rings (SSSR count). The van der Waals surface area contributed by atoms with E-state index in [2.05, 4.69) is 5.10 Å². The third-order valence-corrected chi connectivity index (χ3v) is 2.17. The molecule has 0 saturated carbocycles. The highest BCUT2D eigenvalue weighted by Gasteiger charge is 2.04. The highest BCUT2D eigenvalue weighted by Crippen LogP contribution is 2.02. The molecule has 0 saturated heterocycles. The molecule has 0 spiro atoms. The van der Waals surface area contributed by atoms with Crippen molar-refractivity contribution in [2.45, 2.75) is 13.5 Å². The van der Waals surface area contributed by atoms with Crippen LogP contribution in [0.5, 0.6) is 0 Å². The SMILES string of the molecule is CCn1ccc(-n2cccc(N)c2=O)n1. The molecule has 0 aliphatic rings. The molecule has 2 aromatic rings. The fourth-order valence-electron chi connectivity index (χ4n) is 1.35. The molecule has 0 bridgehead atoms. The van der Waals surface area contributed by atoms with Gasteiger partial charge in [0.25, 0.3) is 5.56 Å². The van der Waals surface area contributed by atoms with Gasteiger partial charge in [0.2, 0.25) is 0 Å². The summed E-state index contributed by atoms with van der Waals surface area (Å²) in [7, 11) is 0. The van der Waals surface area contributed by atoms with Crippen molar-refractivity contribution < 1.29 is 0 Å². The summed E-state index contributed by atoms with van der Waals surface area (Å²) in [6, 6.07) is 5.09. The molecule has 2 N–H and O–H groups in total. The number of nitrogen functional groups attached to an aromatic ring is 1. The van der Waals surface area contributed by atoms with Gasteiger partial charge in [0, 0.05) is 25.0 Å². The number of pyridine rings is 1. The Morgan fingerprint density at radius 2 is 2.20 bits per heavy atom. The summed E-state index contributed by atoms with van der Waals surface area (Å²) in [6.07, 6.45) is 3.48. The van der Waals surface area contributed by atoms with Gasteiger partial charge in [0.1, 0.15) is 0 Å². The van der Waals surface area contributed by atoms with E-state index in [1.807, 2.05) is 13.1 Å². The molecular formula is C10H12N4O. The second-order valence-corrected chi connectivity index (χ2v) is 3.17. The Bertz CT molecular complexity index is 526. The Hall–Kier alpha value is -2.04. The van der Waals surface area contributed by atoms with Gasteiger partial charge in [-0.05, 0) is 19.1 Å². The third kappa shape index (κ3) is 1.63. The highest BCUT2D eigenvalue weighted by molar-refractivity contribution is 5.37. The molecule has 0 aliphatic heterocycles. The average Bonchev–Trinajstić information content (AvgIpc) is 2.70. The van der Waals surface area contributed by atoms with Crippen molar-refractivity contribution in [1.29, 1.82) is 0 Å². The lowest BCUT2D eigenvalue weighted by Crippen LogP contribution is -2.20. The Morgan fingerprint density at radius 3 is 2.87 bits per heavy atom.